The van der Waals surface area contributed by atoms with Crippen molar-refractivity contribution in [3.63, 3.8) is 0 Å². The number of hydrogen-bond acceptors (Lipinski definition) is 7. The molecular weight excluding hydrogens is 464 g/mol. The van der Waals surface area contributed by atoms with Crippen molar-refractivity contribution in [2.45, 2.75) is 38.1 Å². The van der Waals surface area contributed by atoms with Crippen molar-refractivity contribution in [2.75, 3.05) is 17.6 Å². The van der Waals surface area contributed by atoms with Crippen LogP contribution in [0.15, 0.2) is 29.1 Å². The van der Waals surface area contributed by atoms with Crippen molar-refractivity contribution >= 4 is 29.6 Å². The fourth-order valence-electron chi connectivity index (χ4n) is 3.62. The molecule has 0 fully saturated rings. The van der Waals surface area contributed by atoms with E-state index in [-0.39, 0.29) is 92.2 Å². The van der Waals surface area contributed by atoms with Crippen molar-refractivity contribution < 1.29 is 86.6 Å². The van der Waals surface area contributed by atoms with E-state index < -0.39 is 23.9 Å². The molecule has 11 nitrogen and oxygen atoms in total. The van der Waals surface area contributed by atoms with Crippen molar-refractivity contribution in [1.29, 1.82) is 0 Å². The molecule has 1 aliphatic heterocycles. The van der Waals surface area contributed by atoms with Gasteiger partial charge in [-0.25, -0.2) is 4.79 Å². The van der Waals surface area contributed by atoms with Gasteiger partial charge in [0.05, 0.1) is 5.56 Å². The number of nitrogen functional groups attached to an aromatic ring is 1. The molecule has 174 valence electrons. The van der Waals surface area contributed by atoms with E-state index in [1.54, 1.807) is 24.3 Å². The number of H-pyrrole nitrogens is 1. The van der Waals surface area contributed by atoms with Gasteiger partial charge in [0, 0.05) is 18.5 Å². The summed E-state index contributed by atoms with van der Waals surface area (Å²) in [5.41, 5.74) is 7.22. The minimum absolute atomic E-state index is 0. The summed E-state index contributed by atoms with van der Waals surface area (Å²) >= 11 is 0. The number of nitrogens with zero attached hydrogens (tertiary/aromatic N) is 1. The molecule has 1 amide bonds. The maximum Gasteiger partial charge on any atom is 1.00 e. The van der Waals surface area contributed by atoms with Crippen LogP contribution in [-0.2, 0) is 22.4 Å². The number of rotatable bonds is 9. The third-order valence-corrected chi connectivity index (χ3v) is 5.39. The Morgan fingerprint density at radius 3 is 2.50 bits per heavy atom. The number of aryl methyl sites for hydroxylation is 1. The summed E-state index contributed by atoms with van der Waals surface area (Å²) in [4.78, 5) is 52.9. The zero-order chi connectivity index (χ0) is 23.3. The van der Waals surface area contributed by atoms with E-state index in [9.17, 15) is 19.2 Å². The molecule has 34 heavy (non-hydrogen) atoms. The average molecular weight is 491 g/mol. The maximum absolute atomic E-state index is 12.3. The predicted octanol–water partition coefficient (Wildman–Crippen LogP) is -5.15. The normalized spacial score (nSPS) is 14.9. The van der Waals surface area contributed by atoms with Crippen molar-refractivity contribution in [3.05, 3.63) is 51.3 Å². The number of nitrogens with one attached hydrogen (secondary N) is 3. The first kappa shape index (κ1) is 30.1. The Balaban J connectivity index is 0. The van der Waals surface area contributed by atoms with E-state index >= 15 is 0 Å². The fraction of sp³-hybridized carbons (Fsp3) is 0.381. The van der Waals surface area contributed by atoms with Gasteiger partial charge < -0.3 is 29.4 Å². The maximum atomic E-state index is 12.3. The first-order valence-electron chi connectivity index (χ1n) is 10.2. The van der Waals surface area contributed by atoms with E-state index in [0.29, 0.717) is 29.9 Å². The molecule has 3 rings (SSSR count). The molecule has 2 heterocycles. The van der Waals surface area contributed by atoms with E-state index in [0.717, 1.165) is 18.4 Å². The standard InChI is InChI=1S/C21H25N5O6.2Na.2H/c22-21-25-17-14(19(30)26-21)9-12(10-23-17)2-1-11-3-5-13(6-4-11)18(29)24-15(20(31)32)7-8-16(27)28;;;;/h3-6,12,15H,1-2,7-10H2,(H,24,29)(H,27,28)(H,31,32)(H4,22,23,25,26,30);;;;/q;2*+1;2*-1/t12-,15+;;;;/m1..../s1. The Hall–Kier alpha value is -1.89. The summed E-state index contributed by atoms with van der Waals surface area (Å²) in [7, 11) is 0. The summed E-state index contributed by atoms with van der Waals surface area (Å²) in [5.74, 6) is -2.13. The smallest absolute Gasteiger partial charge is 1.00 e. The van der Waals surface area contributed by atoms with Crippen LogP contribution in [0.3, 0.4) is 0 Å². The molecule has 1 aromatic carbocycles. The van der Waals surface area contributed by atoms with Gasteiger partial charge in [-0.05, 0) is 49.3 Å². The number of nitrogens with two attached hydrogens (primary N) is 1. The molecule has 0 radical (unpaired) electrons. The minimum Gasteiger partial charge on any atom is -1.00 e. The Kier molecular flexibility index (Phi) is 12.3. The number of carboxylic acid groups (broad SMARTS) is 2. The quantitative estimate of drug-likeness (QED) is 0.186. The number of amides is 1. The molecule has 1 aromatic heterocycles. The van der Waals surface area contributed by atoms with Gasteiger partial charge >= 0.3 is 71.1 Å². The van der Waals surface area contributed by atoms with Crippen molar-refractivity contribution in [1.82, 2.24) is 15.3 Å². The molecule has 2 atom stereocenters. The number of aromatic amines is 1. The number of aromatic nitrogens is 2. The van der Waals surface area contributed by atoms with Crippen LogP contribution in [0.2, 0.25) is 0 Å². The molecule has 13 heteroatoms. The molecule has 7 N–H and O–H groups in total. The summed E-state index contributed by atoms with van der Waals surface area (Å²) in [6.45, 7) is 0.677. The minimum atomic E-state index is -1.28. The van der Waals surface area contributed by atoms with Gasteiger partial charge in [-0.3, -0.25) is 19.4 Å². The molecule has 0 saturated heterocycles. The Morgan fingerprint density at radius 1 is 1.21 bits per heavy atom. The topological polar surface area (TPSA) is 187 Å². The number of fused-ring (bicyclic) bond motifs is 1. The van der Waals surface area contributed by atoms with Crippen LogP contribution in [-0.4, -0.2) is 50.6 Å². The van der Waals surface area contributed by atoms with Gasteiger partial charge in [0.2, 0.25) is 5.95 Å². The number of benzene rings is 1. The summed E-state index contributed by atoms with van der Waals surface area (Å²) in [6, 6.07) is 5.52. The zero-order valence-corrected chi connectivity index (χ0v) is 23.3. The molecule has 0 aliphatic carbocycles. The Bertz CT molecular complexity index is 1090. The van der Waals surface area contributed by atoms with Crippen molar-refractivity contribution in [3.8, 4) is 0 Å². The summed E-state index contributed by atoms with van der Waals surface area (Å²) in [6.07, 6.45) is 1.60. The van der Waals surface area contributed by atoms with E-state index in [1.807, 2.05) is 0 Å². The monoisotopic (exact) mass is 491 g/mol. The second-order valence-corrected chi connectivity index (χ2v) is 7.76. The van der Waals surface area contributed by atoms with Gasteiger partial charge in [0.25, 0.3) is 11.5 Å². The molecule has 0 spiro atoms. The first-order chi connectivity index (χ1) is 15.2. The van der Waals surface area contributed by atoms with Crippen LogP contribution in [0, 0.1) is 5.92 Å². The third-order valence-electron chi connectivity index (χ3n) is 5.39. The second-order valence-electron chi connectivity index (χ2n) is 7.76. The first-order valence-corrected chi connectivity index (χ1v) is 10.2. The van der Waals surface area contributed by atoms with Crippen LogP contribution in [0.4, 0.5) is 11.8 Å². The zero-order valence-electron chi connectivity index (χ0n) is 21.3. The molecule has 0 saturated carbocycles. The molecule has 2 aromatic rings. The van der Waals surface area contributed by atoms with E-state index in [2.05, 4.69) is 20.6 Å². The molecular formula is C21H27N5Na2O6. The number of anilines is 2. The van der Waals surface area contributed by atoms with Crippen LogP contribution in [0.1, 0.15) is 43.6 Å². The summed E-state index contributed by atoms with van der Waals surface area (Å²) < 4.78 is 0. The second kappa shape index (κ2) is 13.9. The largest absolute Gasteiger partial charge is 1.00 e. The number of aliphatic carboxylic acids is 2. The molecule has 0 bridgehead atoms. The number of carbonyl (C=O) groups excluding carboxylic acids is 1. The van der Waals surface area contributed by atoms with Gasteiger partial charge in [-0.15, -0.1) is 0 Å². The van der Waals surface area contributed by atoms with Crippen LogP contribution in [0.25, 0.3) is 0 Å². The number of carboxylic acids is 2. The Morgan fingerprint density at radius 2 is 1.88 bits per heavy atom. The third kappa shape index (κ3) is 8.40. The van der Waals surface area contributed by atoms with Gasteiger partial charge in [0.15, 0.2) is 0 Å². The van der Waals surface area contributed by atoms with Crippen LogP contribution in [0.5, 0.6) is 0 Å². The molecule has 0 unspecified atom stereocenters. The van der Waals surface area contributed by atoms with Crippen molar-refractivity contribution in [2.24, 2.45) is 5.92 Å². The SMILES string of the molecule is Nc1nc2c(c(=O)[nH]1)C[C@@H](CCc1ccc(C(=O)N[C@@H](CCC(=O)O)C(=O)O)cc1)CN2.[H-].[H-].[Na+].[Na+]. The Labute approximate surface area is 242 Å². The number of hydrogen-bond donors (Lipinski definition) is 6. The van der Waals surface area contributed by atoms with Gasteiger partial charge in [-0.2, -0.15) is 4.98 Å². The van der Waals surface area contributed by atoms with E-state index in [4.69, 9.17) is 15.9 Å². The summed E-state index contributed by atoms with van der Waals surface area (Å²) in [5, 5.41) is 23.4. The van der Waals surface area contributed by atoms with E-state index in [1.165, 1.54) is 0 Å². The number of carbonyl (C=O) groups is 3. The molecule has 1 aliphatic rings. The fourth-order valence-corrected chi connectivity index (χ4v) is 3.62. The van der Waals surface area contributed by atoms with Crippen LogP contribution < -0.4 is 81.0 Å². The predicted molar refractivity (Wildman–Crippen MR) is 118 cm³/mol. The van der Waals surface area contributed by atoms with Gasteiger partial charge in [-0.1, -0.05) is 12.1 Å². The average Bonchev–Trinajstić information content (AvgIpc) is 2.75. The van der Waals surface area contributed by atoms with Gasteiger partial charge in [0.1, 0.15) is 11.9 Å². The van der Waals surface area contributed by atoms with Crippen LogP contribution >= 0.6 is 0 Å².